The average Bonchev–Trinajstić information content (AvgIpc) is 2.25. The second-order valence-electron chi connectivity index (χ2n) is 4.28. The minimum atomic E-state index is -4.32. The third-order valence-electron chi connectivity index (χ3n) is 2.34. The lowest BCUT2D eigenvalue weighted by Crippen LogP contribution is -2.34. The van der Waals surface area contributed by atoms with Crippen LogP contribution in [0.2, 0.25) is 0 Å². The summed E-state index contributed by atoms with van der Waals surface area (Å²) >= 11 is -0.203. The smallest absolute Gasteiger partial charge is 0.446 e. The quantitative estimate of drug-likeness (QED) is 0.810. The molecule has 0 aliphatic carbocycles. The van der Waals surface area contributed by atoms with Crippen molar-refractivity contribution in [1.82, 2.24) is 0 Å². The average molecular weight is 293 g/mol. The van der Waals surface area contributed by atoms with Crippen molar-refractivity contribution in [2.75, 3.05) is 5.32 Å². The van der Waals surface area contributed by atoms with Crippen LogP contribution in [0.15, 0.2) is 29.2 Å². The van der Waals surface area contributed by atoms with Gasteiger partial charge in [0.1, 0.15) is 6.04 Å². The molecule has 1 aromatic rings. The number of benzene rings is 1. The molecule has 0 unspecified atom stereocenters. The van der Waals surface area contributed by atoms with Crippen LogP contribution in [0.5, 0.6) is 0 Å². The number of carboxylic acids is 1. The molecule has 0 amide bonds. The topological polar surface area (TPSA) is 49.3 Å². The van der Waals surface area contributed by atoms with E-state index in [1.165, 1.54) is 24.3 Å². The highest BCUT2D eigenvalue weighted by molar-refractivity contribution is 8.00. The number of aliphatic carboxylic acids is 1. The molecule has 0 heterocycles. The Bertz CT molecular complexity index is 432. The molecule has 19 heavy (non-hydrogen) atoms. The molecule has 3 nitrogen and oxygen atoms in total. The predicted octanol–water partition coefficient (Wildman–Crippen LogP) is 3.82. The molecule has 106 valence electrons. The SMILES string of the molecule is CC(C)[C@H](Nc1ccc(SC(F)(F)F)cc1)C(=O)O. The molecule has 1 rings (SSSR count). The zero-order chi connectivity index (χ0) is 14.6. The van der Waals surface area contributed by atoms with E-state index < -0.39 is 17.5 Å². The summed E-state index contributed by atoms with van der Waals surface area (Å²) in [4.78, 5) is 11.0. The number of thioether (sulfide) groups is 1. The molecule has 0 radical (unpaired) electrons. The van der Waals surface area contributed by atoms with Gasteiger partial charge in [0, 0.05) is 10.6 Å². The predicted molar refractivity (Wildman–Crippen MR) is 68.2 cm³/mol. The summed E-state index contributed by atoms with van der Waals surface area (Å²) in [7, 11) is 0. The van der Waals surface area contributed by atoms with E-state index in [0.29, 0.717) is 5.69 Å². The summed E-state index contributed by atoms with van der Waals surface area (Å²) in [6.45, 7) is 3.50. The van der Waals surface area contributed by atoms with Gasteiger partial charge in [-0.1, -0.05) is 13.8 Å². The van der Waals surface area contributed by atoms with Gasteiger partial charge in [-0.2, -0.15) is 13.2 Å². The first-order valence-corrected chi connectivity index (χ1v) is 6.36. The zero-order valence-corrected chi connectivity index (χ0v) is 11.2. The molecule has 1 atom stereocenters. The molecule has 2 N–H and O–H groups in total. The Hall–Kier alpha value is -1.37. The fourth-order valence-electron chi connectivity index (χ4n) is 1.45. The van der Waals surface area contributed by atoms with Gasteiger partial charge < -0.3 is 10.4 Å². The minimum absolute atomic E-state index is 0.0643. The van der Waals surface area contributed by atoms with Gasteiger partial charge in [0.05, 0.1) is 0 Å². The Labute approximate surface area is 113 Å². The molecule has 0 bridgehead atoms. The van der Waals surface area contributed by atoms with E-state index in [2.05, 4.69) is 5.32 Å². The van der Waals surface area contributed by atoms with Gasteiger partial charge in [0.15, 0.2) is 0 Å². The first kappa shape index (κ1) is 15.7. The Morgan fingerprint density at radius 1 is 1.26 bits per heavy atom. The maximum Gasteiger partial charge on any atom is 0.446 e. The Morgan fingerprint density at radius 2 is 1.79 bits per heavy atom. The second-order valence-corrected chi connectivity index (χ2v) is 5.41. The van der Waals surface area contributed by atoms with Gasteiger partial charge in [0.2, 0.25) is 0 Å². The monoisotopic (exact) mass is 293 g/mol. The lowest BCUT2D eigenvalue weighted by molar-refractivity contribution is -0.138. The van der Waals surface area contributed by atoms with Crippen molar-refractivity contribution in [3.63, 3.8) is 0 Å². The molecule has 0 saturated heterocycles. The number of anilines is 1. The van der Waals surface area contributed by atoms with Crippen LogP contribution in [0.3, 0.4) is 0 Å². The largest absolute Gasteiger partial charge is 0.480 e. The van der Waals surface area contributed by atoms with Crippen LogP contribution in [0.25, 0.3) is 0 Å². The summed E-state index contributed by atoms with van der Waals surface area (Å²) in [5, 5.41) is 11.8. The summed E-state index contributed by atoms with van der Waals surface area (Å²) in [5.74, 6) is -1.13. The van der Waals surface area contributed by atoms with E-state index in [1.54, 1.807) is 13.8 Å². The number of hydrogen-bond donors (Lipinski definition) is 2. The van der Waals surface area contributed by atoms with Gasteiger partial charge in [-0.3, -0.25) is 0 Å². The maximum absolute atomic E-state index is 12.1. The van der Waals surface area contributed by atoms with Crippen molar-refractivity contribution >= 4 is 23.4 Å². The molecule has 0 spiro atoms. The number of hydrogen-bond acceptors (Lipinski definition) is 3. The lowest BCUT2D eigenvalue weighted by Gasteiger charge is -2.19. The van der Waals surface area contributed by atoms with E-state index in [1.807, 2.05) is 0 Å². The first-order chi connectivity index (χ1) is 8.69. The Kier molecular flexibility index (Phi) is 5.11. The Morgan fingerprint density at radius 3 is 2.16 bits per heavy atom. The highest BCUT2D eigenvalue weighted by atomic mass is 32.2. The van der Waals surface area contributed by atoms with Crippen molar-refractivity contribution in [1.29, 1.82) is 0 Å². The highest BCUT2D eigenvalue weighted by Gasteiger charge is 2.29. The van der Waals surface area contributed by atoms with Crippen LogP contribution in [-0.2, 0) is 4.79 Å². The standard InChI is InChI=1S/C12H14F3NO2S/c1-7(2)10(11(17)18)16-8-3-5-9(6-4-8)19-12(13,14)15/h3-7,10,16H,1-2H3,(H,17,18)/t10-/m0/s1. The van der Waals surface area contributed by atoms with E-state index in [0.717, 1.165) is 0 Å². The van der Waals surface area contributed by atoms with Crippen molar-refractivity contribution in [3.8, 4) is 0 Å². The fourth-order valence-corrected chi connectivity index (χ4v) is 1.99. The maximum atomic E-state index is 12.1. The van der Waals surface area contributed by atoms with Crippen LogP contribution in [-0.4, -0.2) is 22.6 Å². The number of nitrogens with one attached hydrogen (secondary N) is 1. The number of rotatable bonds is 5. The summed E-state index contributed by atoms with van der Waals surface area (Å²) in [6.07, 6.45) is 0. The molecule has 0 fully saturated rings. The van der Waals surface area contributed by atoms with E-state index in [9.17, 15) is 18.0 Å². The van der Waals surface area contributed by atoms with E-state index in [-0.39, 0.29) is 22.6 Å². The van der Waals surface area contributed by atoms with E-state index in [4.69, 9.17) is 5.11 Å². The summed E-state index contributed by atoms with van der Waals surface area (Å²) in [5.41, 5.74) is -3.84. The molecule has 7 heteroatoms. The molecule has 0 aliphatic rings. The van der Waals surface area contributed by atoms with Gasteiger partial charge in [0.25, 0.3) is 0 Å². The van der Waals surface area contributed by atoms with Gasteiger partial charge >= 0.3 is 11.5 Å². The summed E-state index contributed by atoms with van der Waals surface area (Å²) < 4.78 is 36.4. The summed E-state index contributed by atoms with van der Waals surface area (Å²) in [6, 6.07) is 4.71. The van der Waals surface area contributed by atoms with E-state index >= 15 is 0 Å². The minimum Gasteiger partial charge on any atom is -0.480 e. The first-order valence-electron chi connectivity index (χ1n) is 5.54. The molecule has 0 aromatic heterocycles. The van der Waals surface area contributed by atoms with Crippen molar-refractivity contribution < 1.29 is 23.1 Å². The number of carbonyl (C=O) groups is 1. The van der Waals surface area contributed by atoms with Crippen molar-refractivity contribution in [2.24, 2.45) is 5.92 Å². The third-order valence-corrected chi connectivity index (χ3v) is 3.08. The van der Waals surface area contributed by atoms with Gasteiger partial charge in [-0.05, 0) is 41.9 Å². The molecule has 1 aromatic carbocycles. The number of halogens is 3. The van der Waals surface area contributed by atoms with Crippen LogP contribution in [0.1, 0.15) is 13.8 Å². The number of carboxylic acid groups (broad SMARTS) is 1. The number of alkyl halides is 3. The normalized spacial score (nSPS) is 13.4. The molecule has 0 aliphatic heterocycles. The Balaban J connectivity index is 2.74. The van der Waals surface area contributed by atoms with Crippen LogP contribution in [0.4, 0.5) is 18.9 Å². The zero-order valence-electron chi connectivity index (χ0n) is 10.4. The van der Waals surface area contributed by atoms with Crippen molar-refractivity contribution in [3.05, 3.63) is 24.3 Å². The van der Waals surface area contributed by atoms with Crippen molar-refractivity contribution in [2.45, 2.75) is 30.3 Å². The third kappa shape index (κ3) is 5.42. The second kappa shape index (κ2) is 6.18. The van der Waals surface area contributed by atoms with Crippen LogP contribution < -0.4 is 5.32 Å². The molecular weight excluding hydrogens is 279 g/mol. The van der Waals surface area contributed by atoms with Gasteiger partial charge in [-0.15, -0.1) is 0 Å². The lowest BCUT2D eigenvalue weighted by atomic mass is 10.0. The van der Waals surface area contributed by atoms with Crippen LogP contribution in [0, 0.1) is 5.92 Å². The van der Waals surface area contributed by atoms with Crippen LogP contribution >= 0.6 is 11.8 Å². The molecule has 0 saturated carbocycles. The fraction of sp³-hybridized carbons (Fsp3) is 0.417. The highest BCUT2D eigenvalue weighted by Crippen LogP contribution is 2.37. The van der Waals surface area contributed by atoms with Gasteiger partial charge in [-0.25, -0.2) is 4.79 Å². The molecular formula is C12H14F3NO2S.